The van der Waals surface area contributed by atoms with E-state index in [1.807, 2.05) is 41.8 Å². The number of tetrazole rings is 1. The molecule has 0 fully saturated rings. The molecule has 2 N–H and O–H groups in total. The van der Waals surface area contributed by atoms with Crippen molar-refractivity contribution in [2.24, 2.45) is 0 Å². The van der Waals surface area contributed by atoms with Gasteiger partial charge >= 0.3 is 0 Å². The number of carbonyl (C=O) groups excluding carboxylic acids is 1. The smallest absolute Gasteiger partial charge is 0.272 e. The molecule has 27 heavy (non-hydrogen) atoms. The van der Waals surface area contributed by atoms with E-state index in [2.05, 4.69) is 32.0 Å². The predicted molar refractivity (Wildman–Crippen MR) is 99.9 cm³/mol. The van der Waals surface area contributed by atoms with Gasteiger partial charge in [-0.3, -0.25) is 4.79 Å². The van der Waals surface area contributed by atoms with Gasteiger partial charge in [0.25, 0.3) is 5.91 Å². The van der Waals surface area contributed by atoms with Crippen molar-refractivity contribution in [3.8, 4) is 17.5 Å². The number of fused-ring (bicyclic) bond motifs is 1. The molecule has 4 aromatic rings. The number of nitrogens with one attached hydrogen (secondary N) is 2. The third-order valence-electron chi connectivity index (χ3n) is 4.34. The van der Waals surface area contributed by atoms with Crippen molar-refractivity contribution >= 4 is 22.5 Å². The summed E-state index contributed by atoms with van der Waals surface area (Å²) < 4.78 is 1.96. The highest BCUT2D eigenvalue weighted by Gasteiger charge is 2.18. The fraction of sp³-hybridized carbons (Fsp3) is 0.105. The lowest BCUT2D eigenvalue weighted by Gasteiger charge is -2.11. The van der Waals surface area contributed by atoms with Crippen molar-refractivity contribution in [1.29, 1.82) is 5.26 Å². The minimum absolute atomic E-state index is 0.248. The number of aromatic amines is 1. The Hall–Kier alpha value is -3.99. The summed E-state index contributed by atoms with van der Waals surface area (Å²) in [5.41, 5.74) is 3.03. The van der Waals surface area contributed by atoms with Gasteiger partial charge in [0.15, 0.2) is 0 Å². The molecule has 4 rings (SSSR count). The SMILES string of the molecule is CCn1c(C(=O)Nc2ccc(C#N)cc2-c2nn[nH]n2)cc2ccccc21. The number of H-pyrrole nitrogens is 1. The number of hydrogen-bond donors (Lipinski definition) is 2. The van der Waals surface area contributed by atoms with Crippen LogP contribution >= 0.6 is 0 Å². The Labute approximate surface area is 154 Å². The van der Waals surface area contributed by atoms with Gasteiger partial charge in [-0.25, -0.2) is 0 Å². The normalized spacial score (nSPS) is 10.7. The van der Waals surface area contributed by atoms with Gasteiger partial charge in [0, 0.05) is 23.0 Å². The zero-order valence-corrected chi connectivity index (χ0v) is 14.5. The topological polar surface area (TPSA) is 112 Å². The van der Waals surface area contributed by atoms with Gasteiger partial charge in [0.1, 0.15) is 5.69 Å². The fourth-order valence-corrected chi connectivity index (χ4v) is 3.11. The van der Waals surface area contributed by atoms with E-state index in [0.717, 1.165) is 10.9 Å². The van der Waals surface area contributed by atoms with Crippen LogP contribution < -0.4 is 5.32 Å². The number of nitriles is 1. The highest BCUT2D eigenvalue weighted by atomic mass is 16.2. The molecule has 2 aromatic carbocycles. The van der Waals surface area contributed by atoms with Crippen LogP contribution in [0.4, 0.5) is 5.69 Å². The molecule has 2 aromatic heterocycles. The van der Waals surface area contributed by atoms with Crippen LogP contribution in [-0.2, 0) is 6.54 Å². The number of nitrogens with zero attached hydrogens (tertiary/aromatic N) is 5. The van der Waals surface area contributed by atoms with Crippen LogP contribution in [0.15, 0.2) is 48.5 Å². The van der Waals surface area contributed by atoms with Crippen LogP contribution in [0.2, 0.25) is 0 Å². The third-order valence-corrected chi connectivity index (χ3v) is 4.34. The quantitative estimate of drug-likeness (QED) is 0.583. The summed E-state index contributed by atoms with van der Waals surface area (Å²) in [4.78, 5) is 13.0. The van der Waals surface area contributed by atoms with Crippen LogP contribution in [0, 0.1) is 11.3 Å². The largest absolute Gasteiger partial charge is 0.337 e. The van der Waals surface area contributed by atoms with Crippen molar-refractivity contribution in [2.75, 3.05) is 5.32 Å². The first-order chi connectivity index (χ1) is 13.2. The van der Waals surface area contributed by atoms with Gasteiger partial charge in [-0.2, -0.15) is 10.5 Å². The average molecular weight is 357 g/mol. The zero-order valence-electron chi connectivity index (χ0n) is 14.5. The predicted octanol–water partition coefficient (Wildman–Crippen LogP) is 2.97. The van der Waals surface area contributed by atoms with Crippen molar-refractivity contribution in [1.82, 2.24) is 25.2 Å². The summed E-state index contributed by atoms with van der Waals surface area (Å²) in [7, 11) is 0. The number of para-hydroxylation sites is 1. The lowest BCUT2D eigenvalue weighted by atomic mass is 10.1. The molecule has 0 aliphatic rings. The lowest BCUT2D eigenvalue weighted by Crippen LogP contribution is -2.17. The summed E-state index contributed by atoms with van der Waals surface area (Å²) in [5, 5.41) is 26.9. The summed E-state index contributed by atoms with van der Waals surface area (Å²) in [6.45, 7) is 2.66. The molecule has 0 radical (unpaired) electrons. The van der Waals surface area contributed by atoms with Gasteiger partial charge in [0.2, 0.25) is 5.82 Å². The minimum atomic E-state index is -0.248. The highest BCUT2D eigenvalue weighted by Crippen LogP contribution is 2.27. The zero-order chi connectivity index (χ0) is 18.8. The molecule has 8 heteroatoms. The van der Waals surface area contributed by atoms with Gasteiger partial charge in [-0.1, -0.05) is 18.2 Å². The van der Waals surface area contributed by atoms with Crippen molar-refractivity contribution in [3.05, 3.63) is 59.8 Å². The first-order valence-corrected chi connectivity index (χ1v) is 8.39. The number of anilines is 1. The average Bonchev–Trinajstić information content (AvgIpc) is 3.35. The molecule has 0 spiro atoms. The van der Waals surface area contributed by atoms with Crippen molar-refractivity contribution in [3.63, 3.8) is 0 Å². The van der Waals surface area contributed by atoms with E-state index in [4.69, 9.17) is 5.26 Å². The summed E-state index contributed by atoms with van der Waals surface area (Å²) in [6.07, 6.45) is 0. The molecule has 8 nitrogen and oxygen atoms in total. The molecule has 0 aliphatic heterocycles. The van der Waals surface area contributed by atoms with Crippen LogP contribution in [-0.4, -0.2) is 31.1 Å². The molecule has 1 amide bonds. The maximum absolute atomic E-state index is 13.0. The second-order valence-corrected chi connectivity index (χ2v) is 5.89. The Morgan fingerprint density at radius 2 is 2.11 bits per heavy atom. The van der Waals surface area contributed by atoms with E-state index >= 15 is 0 Å². The maximum atomic E-state index is 13.0. The van der Waals surface area contributed by atoms with E-state index in [-0.39, 0.29) is 5.91 Å². The second-order valence-electron chi connectivity index (χ2n) is 5.89. The number of aryl methyl sites for hydroxylation is 1. The molecule has 2 heterocycles. The number of aromatic nitrogens is 5. The number of rotatable bonds is 4. The Kier molecular flexibility index (Phi) is 4.10. The molecular weight excluding hydrogens is 342 g/mol. The monoisotopic (exact) mass is 357 g/mol. The van der Waals surface area contributed by atoms with E-state index in [0.29, 0.717) is 34.9 Å². The number of hydrogen-bond acceptors (Lipinski definition) is 5. The number of amides is 1. The van der Waals surface area contributed by atoms with Gasteiger partial charge in [0.05, 0.1) is 17.3 Å². The molecule has 132 valence electrons. The van der Waals surface area contributed by atoms with Crippen LogP contribution in [0.5, 0.6) is 0 Å². The van der Waals surface area contributed by atoms with E-state index in [1.165, 1.54) is 0 Å². The van der Waals surface area contributed by atoms with Crippen LogP contribution in [0.3, 0.4) is 0 Å². The first-order valence-electron chi connectivity index (χ1n) is 8.39. The second kappa shape index (κ2) is 6.72. The number of carbonyl (C=O) groups is 1. The Balaban J connectivity index is 1.75. The molecular formula is C19H15N7O. The molecule has 0 atom stereocenters. The van der Waals surface area contributed by atoms with E-state index < -0.39 is 0 Å². The summed E-state index contributed by atoms with van der Waals surface area (Å²) >= 11 is 0. The van der Waals surface area contributed by atoms with Crippen molar-refractivity contribution < 1.29 is 4.79 Å². The first kappa shape index (κ1) is 16.5. The van der Waals surface area contributed by atoms with Crippen LogP contribution in [0.1, 0.15) is 23.0 Å². The van der Waals surface area contributed by atoms with E-state index in [9.17, 15) is 4.79 Å². The van der Waals surface area contributed by atoms with Crippen molar-refractivity contribution in [2.45, 2.75) is 13.5 Å². The summed E-state index contributed by atoms with van der Waals surface area (Å²) in [5.74, 6) is 0.0564. The van der Waals surface area contributed by atoms with E-state index in [1.54, 1.807) is 18.2 Å². The lowest BCUT2D eigenvalue weighted by molar-refractivity contribution is 0.101. The van der Waals surface area contributed by atoms with Crippen LogP contribution in [0.25, 0.3) is 22.3 Å². The molecule has 0 aliphatic carbocycles. The third kappa shape index (κ3) is 2.91. The summed E-state index contributed by atoms with van der Waals surface area (Å²) in [6, 6.07) is 16.7. The van der Waals surface area contributed by atoms with Gasteiger partial charge < -0.3 is 9.88 Å². The minimum Gasteiger partial charge on any atom is -0.337 e. The molecule has 0 bridgehead atoms. The Bertz CT molecular complexity index is 1170. The standard InChI is InChI=1S/C19H15N7O/c1-2-26-16-6-4-3-5-13(16)10-17(26)19(27)21-15-8-7-12(11-20)9-14(15)18-22-24-25-23-18/h3-10H,2H2,1H3,(H,21,27)(H,22,23,24,25). The van der Waals surface area contributed by atoms with Gasteiger partial charge in [-0.15, -0.1) is 10.2 Å². The Morgan fingerprint density at radius 3 is 2.85 bits per heavy atom. The van der Waals surface area contributed by atoms with Gasteiger partial charge in [-0.05, 0) is 42.5 Å². The maximum Gasteiger partial charge on any atom is 0.272 e. The molecule has 0 unspecified atom stereocenters. The molecule has 0 saturated carbocycles. The molecule has 0 saturated heterocycles. The fourth-order valence-electron chi connectivity index (χ4n) is 3.11. The number of benzene rings is 2. The highest BCUT2D eigenvalue weighted by molar-refractivity contribution is 6.07. The Morgan fingerprint density at radius 1 is 1.26 bits per heavy atom.